The fourth-order valence-electron chi connectivity index (χ4n) is 3.55. The van der Waals surface area contributed by atoms with Crippen LogP contribution in [0.4, 0.5) is 5.69 Å². The van der Waals surface area contributed by atoms with E-state index in [1.807, 2.05) is 60.0 Å². The third-order valence-corrected chi connectivity index (χ3v) is 6.48. The molecule has 160 valence electrons. The molecule has 0 aliphatic carbocycles. The Hall–Kier alpha value is -2.31. The third kappa shape index (κ3) is 5.64. The first-order valence-corrected chi connectivity index (χ1v) is 11.8. The first-order valence-electron chi connectivity index (χ1n) is 10.6. The van der Waals surface area contributed by atoms with Crippen molar-refractivity contribution in [3.8, 4) is 0 Å². The largest absolute Gasteiger partial charge is 0.337 e. The second-order valence-electron chi connectivity index (χ2n) is 7.55. The van der Waals surface area contributed by atoms with Crippen molar-refractivity contribution in [2.45, 2.75) is 27.3 Å². The molecule has 0 unspecified atom stereocenters. The molecule has 30 heavy (non-hydrogen) atoms. The van der Waals surface area contributed by atoms with Crippen LogP contribution in [0.3, 0.4) is 0 Å². The van der Waals surface area contributed by atoms with Crippen LogP contribution in [0.25, 0.3) is 0 Å². The van der Waals surface area contributed by atoms with Gasteiger partial charge in [0.05, 0.1) is 0 Å². The zero-order valence-electron chi connectivity index (χ0n) is 18.1. The van der Waals surface area contributed by atoms with Gasteiger partial charge in [0.2, 0.25) is 0 Å². The number of nitrogens with one attached hydrogen (secondary N) is 1. The van der Waals surface area contributed by atoms with Crippen LogP contribution in [0.5, 0.6) is 0 Å². The second-order valence-corrected chi connectivity index (χ2v) is 8.77. The fourth-order valence-corrected chi connectivity index (χ4v) is 4.45. The van der Waals surface area contributed by atoms with E-state index in [0.29, 0.717) is 11.1 Å². The van der Waals surface area contributed by atoms with Gasteiger partial charge in [-0.05, 0) is 61.5 Å². The third-order valence-electron chi connectivity index (χ3n) is 5.54. The molecule has 0 radical (unpaired) electrons. The van der Waals surface area contributed by atoms with E-state index in [0.717, 1.165) is 55.5 Å². The summed E-state index contributed by atoms with van der Waals surface area (Å²) in [6, 6.07) is 13.3. The van der Waals surface area contributed by atoms with E-state index < -0.39 is 0 Å². The Labute approximate surface area is 183 Å². The summed E-state index contributed by atoms with van der Waals surface area (Å²) in [4.78, 5) is 29.6. The van der Waals surface area contributed by atoms with E-state index >= 15 is 0 Å². The van der Waals surface area contributed by atoms with Gasteiger partial charge in [-0.15, -0.1) is 0 Å². The van der Waals surface area contributed by atoms with Gasteiger partial charge >= 0.3 is 0 Å². The van der Waals surface area contributed by atoms with Crippen molar-refractivity contribution < 1.29 is 9.59 Å². The normalized spacial score (nSPS) is 14.1. The second kappa shape index (κ2) is 10.6. The minimum Gasteiger partial charge on any atom is -0.337 e. The lowest BCUT2D eigenvalue weighted by Crippen LogP contribution is -2.37. The Morgan fingerprint density at radius 3 is 2.23 bits per heavy atom. The highest BCUT2D eigenvalue weighted by atomic mass is 32.2. The maximum absolute atomic E-state index is 12.7. The smallest absolute Gasteiger partial charge is 0.255 e. The Morgan fingerprint density at radius 2 is 1.63 bits per heavy atom. The molecule has 0 atom stereocenters. The summed E-state index contributed by atoms with van der Waals surface area (Å²) in [5.74, 6) is 1.92. The molecule has 0 spiro atoms. The standard InChI is InChI=1S/C24H31N3O2S/c1-4-26(5-2)17-19-6-8-20(9-7-19)23(28)25-22-11-10-21(16-18(22)3)24(29)27-12-14-30-15-13-27/h6-11,16H,4-5,12-15,17H2,1-3H3,(H,25,28). The molecule has 1 aliphatic rings. The number of anilines is 1. The minimum absolute atomic E-state index is 0.0695. The Morgan fingerprint density at radius 1 is 1.00 bits per heavy atom. The first kappa shape index (κ1) is 22.4. The average molecular weight is 426 g/mol. The van der Waals surface area contributed by atoms with Crippen LogP contribution in [0.15, 0.2) is 42.5 Å². The number of carbonyl (C=O) groups excluding carboxylic acids is 2. The SMILES string of the molecule is CCN(CC)Cc1ccc(C(=O)Nc2ccc(C(=O)N3CCSCC3)cc2C)cc1. The lowest BCUT2D eigenvalue weighted by Gasteiger charge is -2.26. The van der Waals surface area contributed by atoms with Crippen LogP contribution < -0.4 is 5.32 Å². The van der Waals surface area contributed by atoms with E-state index in [1.165, 1.54) is 5.56 Å². The van der Waals surface area contributed by atoms with Crippen LogP contribution >= 0.6 is 11.8 Å². The molecular formula is C24H31N3O2S. The van der Waals surface area contributed by atoms with Crippen molar-refractivity contribution in [1.82, 2.24) is 9.80 Å². The lowest BCUT2D eigenvalue weighted by atomic mass is 10.1. The van der Waals surface area contributed by atoms with Crippen LogP contribution in [0, 0.1) is 6.92 Å². The highest BCUT2D eigenvalue weighted by molar-refractivity contribution is 7.99. The van der Waals surface area contributed by atoms with E-state index in [2.05, 4.69) is 24.1 Å². The molecule has 1 saturated heterocycles. The van der Waals surface area contributed by atoms with Crippen molar-refractivity contribution in [2.24, 2.45) is 0 Å². The fraction of sp³-hybridized carbons (Fsp3) is 0.417. The molecule has 1 fully saturated rings. The number of carbonyl (C=O) groups is 2. The Kier molecular flexibility index (Phi) is 7.94. The monoisotopic (exact) mass is 425 g/mol. The van der Waals surface area contributed by atoms with Crippen LogP contribution in [-0.4, -0.2) is 59.3 Å². The summed E-state index contributed by atoms with van der Waals surface area (Å²) in [5, 5.41) is 2.98. The Bertz CT molecular complexity index is 873. The van der Waals surface area contributed by atoms with Gasteiger partial charge in [-0.3, -0.25) is 14.5 Å². The quantitative estimate of drug-likeness (QED) is 0.719. The van der Waals surface area contributed by atoms with Crippen molar-refractivity contribution in [3.63, 3.8) is 0 Å². The summed E-state index contributed by atoms with van der Waals surface area (Å²) >= 11 is 1.88. The van der Waals surface area contributed by atoms with Gasteiger partial charge in [0.15, 0.2) is 0 Å². The van der Waals surface area contributed by atoms with Crippen molar-refractivity contribution in [3.05, 3.63) is 64.7 Å². The Balaban J connectivity index is 1.64. The molecule has 1 N–H and O–H groups in total. The maximum atomic E-state index is 12.7. The zero-order valence-corrected chi connectivity index (χ0v) is 18.9. The van der Waals surface area contributed by atoms with Gasteiger partial charge in [-0.1, -0.05) is 26.0 Å². The van der Waals surface area contributed by atoms with Gasteiger partial charge < -0.3 is 10.2 Å². The summed E-state index contributed by atoms with van der Waals surface area (Å²) < 4.78 is 0. The number of hydrogen-bond acceptors (Lipinski definition) is 4. The van der Waals surface area contributed by atoms with E-state index in [9.17, 15) is 9.59 Å². The molecule has 0 aromatic heterocycles. The van der Waals surface area contributed by atoms with Gasteiger partial charge in [0, 0.05) is 48.0 Å². The van der Waals surface area contributed by atoms with E-state index in [-0.39, 0.29) is 11.8 Å². The number of aryl methyl sites for hydroxylation is 1. The van der Waals surface area contributed by atoms with Gasteiger partial charge in [-0.25, -0.2) is 0 Å². The minimum atomic E-state index is -0.139. The molecule has 6 heteroatoms. The number of benzene rings is 2. The van der Waals surface area contributed by atoms with E-state index in [1.54, 1.807) is 6.07 Å². The molecular weight excluding hydrogens is 394 g/mol. The van der Waals surface area contributed by atoms with Gasteiger partial charge in [0.25, 0.3) is 11.8 Å². The summed E-state index contributed by atoms with van der Waals surface area (Å²) in [6.07, 6.45) is 0. The molecule has 2 aromatic rings. The van der Waals surface area contributed by atoms with Gasteiger partial charge in [0.1, 0.15) is 0 Å². The summed E-state index contributed by atoms with van der Waals surface area (Å²) in [5.41, 5.74) is 4.13. The van der Waals surface area contributed by atoms with E-state index in [4.69, 9.17) is 0 Å². The number of thioether (sulfide) groups is 1. The zero-order chi connectivity index (χ0) is 21.5. The van der Waals surface area contributed by atoms with Crippen LogP contribution in [0.1, 0.15) is 45.7 Å². The number of amides is 2. The molecule has 2 aromatic carbocycles. The van der Waals surface area contributed by atoms with Crippen molar-refractivity contribution in [2.75, 3.05) is 43.0 Å². The topological polar surface area (TPSA) is 52.7 Å². The van der Waals surface area contributed by atoms with Crippen molar-refractivity contribution >= 4 is 29.3 Å². The molecule has 0 bridgehead atoms. The van der Waals surface area contributed by atoms with Gasteiger partial charge in [-0.2, -0.15) is 11.8 Å². The predicted octanol–water partition coefficient (Wildman–Crippen LogP) is 4.28. The predicted molar refractivity (Wildman–Crippen MR) is 125 cm³/mol. The lowest BCUT2D eigenvalue weighted by molar-refractivity contribution is 0.0772. The molecule has 3 rings (SSSR count). The number of nitrogens with zero attached hydrogens (tertiary/aromatic N) is 2. The maximum Gasteiger partial charge on any atom is 0.255 e. The summed E-state index contributed by atoms with van der Waals surface area (Å²) in [6.45, 7) is 10.7. The summed E-state index contributed by atoms with van der Waals surface area (Å²) in [7, 11) is 0. The average Bonchev–Trinajstić information content (AvgIpc) is 2.79. The molecule has 1 heterocycles. The molecule has 0 saturated carbocycles. The number of rotatable bonds is 7. The first-order chi connectivity index (χ1) is 14.5. The number of hydrogen-bond donors (Lipinski definition) is 1. The molecule has 5 nitrogen and oxygen atoms in total. The van der Waals surface area contributed by atoms with Crippen LogP contribution in [0.2, 0.25) is 0 Å². The highest BCUT2D eigenvalue weighted by Gasteiger charge is 2.19. The molecule has 1 aliphatic heterocycles. The molecule has 2 amide bonds. The van der Waals surface area contributed by atoms with Crippen molar-refractivity contribution in [1.29, 1.82) is 0 Å². The highest BCUT2D eigenvalue weighted by Crippen LogP contribution is 2.20. The van der Waals surface area contributed by atoms with Crippen LogP contribution in [-0.2, 0) is 6.54 Å².